The summed E-state index contributed by atoms with van der Waals surface area (Å²) in [6.07, 6.45) is 9.59. The van der Waals surface area contributed by atoms with Crippen LogP contribution in [0.25, 0.3) is 11.4 Å². The van der Waals surface area contributed by atoms with Crippen LogP contribution in [0.4, 0.5) is 5.69 Å². The molecular weight excluding hydrogens is 636 g/mol. The van der Waals surface area contributed by atoms with Crippen LogP contribution in [-0.4, -0.2) is 76.8 Å². The van der Waals surface area contributed by atoms with Crippen LogP contribution in [0.1, 0.15) is 95.6 Å². The van der Waals surface area contributed by atoms with E-state index in [9.17, 15) is 19.5 Å². The lowest BCUT2D eigenvalue weighted by atomic mass is 9.54. The molecule has 50 heavy (non-hydrogen) atoms. The molecule has 10 rings (SSSR count). The van der Waals surface area contributed by atoms with Crippen molar-refractivity contribution in [2.45, 2.75) is 81.7 Å². The Morgan fingerprint density at radius 1 is 1.10 bits per heavy atom. The molecule has 1 saturated heterocycles. The third kappa shape index (κ3) is 4.31. The normalized spacial score (nSPS) is 27.7. The van der Waals surface area contributed by atoms with E-state index < -0.39 is 5.41 Å². The van der Waals surface area contributed by atoms with Crippen LogP contribution in [0.2, 0.25) is 0 Å². The Balaban J connectivity index is 1.05. The standard InChI is InChI=1S/C37H38N8O5/c1-19-32(47)30(39-18-38-19)35(49)43-13-12-37(25-8-9-27(25)43)26-16-24(26)31-29(37)34(48)45-36(41-33(42-45)22-10-14-50-15-11-22)44(31)17-28(46)40-23-6-4-21(5-7-23)20-2-3-20/h4-7,10,18,20,24-27,47H,2-3,8-9,11-17H2,1H3,(H,40,46)/t24-,25+,26+,27-,37-/m0/s1. The predicted molar refractivity (Wildman–Crippen MR) is 181 cm³/mol. The van der Waals surface area contributed by atoms with Gasteiger partial charge in [-0.3, -0.25) is 14.4 Å². The topological polar surface area (TPSA) is 157 Å². The minimum absolute atomic E-state index is 0.00112. The number of hydrogen-bond acceptors (Lipinski definition) is 9. The summed E-state index contributed by atoms with van der Waals surface area (Å²) in [6.45, 7) is 3.11. The number of carbonyl (C=O) groups excluding carboxylic acids is 2. The number of piperidine rings is 1. The fourth-order valence-electron chi connectivity index (χ4n) is 9.66. The molecule has 5 heterocycles. The number of aromatic nitrogens is 6. The zero-order valence-corrected chi connectivity index (χ0v) is 27.8. The molecule has 1 aromatic carbocycles. The zero-order chi connectivity index (χ0) is 33.9. The molecular formula is C37H38N8O5. The predicted octanol–water partition coefficient (Wildman–Crippen LogP) is 3.69. The molecule has 1 spiro atoms. The van der Waals surface area contributed by atoms with Gasteiger partial charge in [0.2, 0.25) is 11.7 Å². The van der Waals surface area contributed by atoms with Gasteiger partial charge in [0.05, 0.1) is 18.9 Å². The van der Waals surface area contributed by atoms with Gasteiger partial charge >= 0.3 is 0 Å². The first-order chi connectivity index (χ1) is 24.3. The molecule has 2 aliphatic heterocycles. The summed E-state index contributed by atoms with van der Waals surface area (Å²) in [5, 5.41) is 18.5. The fraction of sp³-hybridized carbons (Fsp3) is 0.486. The van der Waals surface area contributed by atoms with Crippen molar-refractivity contribution in [3.8, 4) is 5.75 Å². The minimum atomic E-state index is -0.435. The van der Waals surface area contributed by atoms with E-state index in [0.29, 0.717) is 55.8 Å². The van der Waals surface area contributed by atoms with Crippen LogP contribution in [0.5, 0.6) is 5.75 Å². The van der Waals surface area contributed by atoms with Crippen LogP contribution in [0.3, 0.4) is 0 Å². The number of ether oxygens (including phenoxy) is 1. The Hall–Kier alpha value is -4.91. The van der Waals surface area contributed by atoms with Gasteiger partial charge in [0.1, 0.15) is 12.9 Å². The van der Waals surface area contributed by atoms with E-state index in [1.807, 2.05) is 27.7 Å². The van der Waals surface area contributed by atoms with Gasteiger partial charge in [-0.1, -0.05) is 18.2 Å². The Morgan fingerprint density at radius 3 is 2.68 bits per heavy atom. The maximum absolute atomic E-state index is 14.7. The second-order valence-corrected chi connectivity index (χ2v) is 14.9. The van der Waals surface area contributed by atoms with E-state index in [1.165, 1.54) is 29.2 Å². The van der Waals surface area contributed by atoms with Crippen molar-refractivity contribution >= 4 is 28.9 Å². The summed E-state index contributed by atoms with van der Waals surface area (Å²) in [5.41, 5.74) is 4.39. The quantitative estimate of drug-likeness (QED) is 0.311. The molecule has 0 bridgehead atoms. The average molecular weight is 675 g/mol. The number of rotatable bonds is 6. The summed E-state index contributed by atoms with van der Waals surface area (Å²) < 4.78 is 8.89. The molecule has 13 nitrogen and oxygen atoms in total. The van der Waals surface area contributed by atoms with Crippen LogP contribution >= 0.6 is 0 Å². The molecule has 4 aliphatic carbocycles. The second-order valence-electron chi connectivity index (χ2n) is 14.9. The lowest BCUT2D eigenvalue weighted by Crippen LogP contribution is -2.64. The molecule has 5 atom stereocenters. The zero-order valence-electron chi connectivity index (χ0n) is 27.8. The van der Waals surface area contributed by atoms with E-state index in [0.717, 1.165) is 41.8 Å². The van der Waals surface area contributed by atoms with Gasteiger partial charge in [-0.05, 0) is 92.9 Å². The van der Waals surface area contributed by atoms with Crippen LogP contribution < -0.4 is 10.9 Å². The van der Waals surface area contributed by atoms with Crippen molar-refractivity contribution in [1.29, 1.82) is 0 Å². The molecule has 2 N–H and O–H groups in total. The van der Waals surface area contributed by atoms with Gasteiger partial charge in [0, 0.05) is 40.9 Å². The first-order valence-corrected chi connectivity index (χ1v) is 17.9. The van der Waals surface area contributed by atoms with Gasteiger partial charge in [-0.25, -0.2) is 9.97 Å². The highest BCUT2D eigenvalue weighted by Crippen LogP contribution is 2.72. The third-order valence-electron chi connectivity index (χ3n) is 12.4. The number of nitrogens with one attached hydrogen (secondary N) is 1. The van der Waals surface area contributed by atoms with Crippen molar-refractivity contribution in [1.82, 2.24) is 34.0 Å². The summed E-state index contributed by atoms with van der Waals surface area (Å²) >= 11 is 0. The number of hydrogen-bond donors (Lipinski definition) is 2. The minimum Gasteiger partial charge on any atom is -0.504 e. The summed E-state index contributed by atoms with van der Waals surface area (Å²) in [7, 11) is 0. The molecule has 13 heteroatoms. The van der Waals surface area contributed by atoms with E-state index in [1.54, 1.807) is 6.92 Å². The van der Waals surface area contributed by atoms with Gasteiger partial charge in [0.15, 0.2) is 17.3 Å². The summed E-state index contributed by atoms with van der Waals surface area (Å²) in [6, 6.07) is 8.02. The monoisotopic (exact) mass is 674 g/mol. The molecule has 4 aromatic rings. The first-order valence-electron chi connectivity index (χ1n) is 17.9. The fourth-order valence-corrected chi connectivity index (χ4v) is 9.66. The van der Waals surface area contributed by atoms with E-state index in [-0.39, 0.29) is 59.2 Å². The second kappa shape index (κ2) is 10.8. The average Bonchev–Trinajstić information content (AvgIpc) is 4.04. The maximum atomic E-state index is 14.7. The highest BCUT2D eigenvalue weighted by Gasteiger charge is 2.70. The van der Waals surface area contributed by atoms with Crippen LogP contribution in [-0.2, 0) is 21.5 Å². The molecule has 6 aliphatic rings. The van der Waals surface area contributed by atoms with Crippen molar-refractivity contribution in [2.75, 3.05) is 25.1 Å². The number of amides is 2. The van der Waals surface area contributed by atoms with E-state index in [2.05, 4.69) is 27.4 Å². The molecule has 256 valence electrons. The van der Waals surface area contributed by atoms with Crippen molar-refractivity contribution in [3.63, 3.8) is 0 Å². The smallest absolute Gasteiger partial charge is 0.279 e. The molecule has 0 unspecified atom stereocenters. The highest BCUT2D eigenvalue weighted by atomic mass is 16.5. The number of carbonyl (C=O) groups is 2. The molecule has 4 fully saturated rings. The van der Waals surface area contributed by atoms with E-state index >= 15 is 0 Å². The first kappa shape index (κ1) is 30.0. The molecule has 0 radical (unpaired) electrons. The number of aryl methyl sites for hydroxylation is 1. The Kier molecular flexibility index (Phi) is 6.47. The Labute approximate surface area is 287 Å². The molecule has 2 amide bonds. The Morgan fingerprint density at radius 2 is 1.94 bits per heavy atom. The lowest BCUT2D eigenvalue weighted by molar-refractivity contribution is -0.116. The highest BCUT2D eigenvalue weighted by molar-refractivity contribution is 5.95. The summed E-state index contributed by atoms with van der Waals surface area (Å²) in [5.74, 6) is 1.27. The van der Waals surface area contributed by atoms with Crippen molar-refractivity contribution in [2.24, 2.45) is 11.8 Å². The maximum Gasteiger partial charge on any atom is 0.279 e. The van der Waals surface area contributed by atoms with Crippen molar-refractivity contribution in [3.05, 3.63) is 81.1 Å². The van der Waals surface area contributed by atoms with Crippen LogP contribution in [0.15, 0.2) is 41.5 Å². The SMILES string of the molecule is Cc1ncnc(C(=O)N2CC[C@]3(c4c(n(CC(=O)Nc5ccc(C6CC6)cc5)c5nc(C6=CCOCC6)nn5c4=O)[C@H]4C[C@H]43)[C@@H]3CC[C@@H]32)c1O. The summed E-state index contributed by atoms with van der Waals surface area (Å²) in [4.78, 5) is 57.3. The van der Waals surface area contributed by atoms with Gasteiger partial charge in [0.25, 0.3) is 11.5 Å². The van der Waals surface area contributed by atoms with Gasteiger partial charge in [-0.15, -0.1) is 5.10 Å². The lowest BCUT2D eigenvalue weighted by Gasteiger charge is -2.58. The Bertz CT molecular complexity index is 2200. The van der Waals surface area contributed by atoms with Crippen molar-refractivity contribution < 1.29 is 19.4 Å². The number of benzene rings is 1. The molecule has 3 saturated carbocycles. The third-order valence-corrected chi connectivity index (χ3v) is 12.4. The number of anilines is 1. The van der Waals surface area contributed by atoms with Crippen LogP contribution in [0, 0.1) is 18.8 Å². The number of likely N-dealkylation sites (tertiary alicyclic amines) is 1. The largest absolute Gasteiger partial charge is 0.504 e. The van der Waals surface area contributed by atoms with E-state index in [4.69, 9.17) is 14.8 Å². The van der Waals surface area contributed by atoms with Gasteiger partial charge < -0.3 is 24.6 Å². The molecule has 3 aromatic heterocycles. The number of nitrogens with zero attached hydrogens (tertiary/aromatic N) is 7. The number of aromatic hydroxyl groups is 1. The number of fused-ring (bicyclic) bond motifs is 8. The van der Waals surface area contributed by atoms with Gasteiger partial charge in [-0.2, -0.15) is 9.50 Å².